The minimum atomic E-state index is -0.0987. The number of thioether (sulfide) groups is 1. The van der Waals surface area contributed by atoms with Crippen LogP contribution in [0.2, 0.25) is 5.02 Å². The Balaban J connectivity index is 1.55. The van der Waals surface area contributed by atoms with Crippen molar-refractivity contribution in [3.05, 3.63) is 101 Å². The van der Waals surface area contributed by atoms with Crippen molar-refractivity contribution >= 4 is 35.0 Å². The van der Waals surface area contributed by atoms with Gasteiger partial charge in [0.2, 0.25) is 5.91 Å². The van der Waals surface area contributed by atoms with Crippen molar-refractivity contribution in [1.29, 1.82) is 0 Å². The molecule has 0 aliphatic carbocycles. The van der Waals surface area contributed by atoms with Gasteiger partial charge in [-0.25, -0.2) is 4.98 Å². The zero-order valence-corrected chi connectivity index (χ0v) is 18.7. The molecule has 0 radical (unpaired) electrons. The first-order chi connectivity index (χ1) is 15.1. The third kappa shape index (κ3) is 5.57. The number of hydrogen-bond donors (Lipinski definition) is 1. The number of carbonyl (C=O) groups excluding carboxylic acids is 1. The van der Waals surface area contributed by atoms with E-state index >= 15 is 0 Å². The normalized spacial score (nSPS) is 10.8. The summed E-state index contributed by atoms with van der Waals surface area (Å²) in [7, 11) is 0. The molecular formula is C25H22ClN3OS. The van der Waals surface area contributed by atoms with E-state index in [1.807, 2.05) is 36.5 Å². The summed E-state index contributed by atoms with van der Waals surface area (Å²) in [6.45, 7) is 2.76. The maximum absolute atomic E-state index is 12.5. The first kappa shape index (κ1) is 21.2. The van der Waals surface area contributed by atoms with Gasteiger partial charge in [0.15, 0.2) is 5.16 Å². The number of aryl methyl sites for hydroxylation is 1. The molecule has 0 fully saturated rings. The van der Waals surface area contributed by atoms with Crippen LogP contribution in [0.1, 0.15) is 11.1 Å². The summed E-state index contributed by atoms with van der Waals surface area (Å²) in [5, 5.41) is 4.28. The molecule has 4 rings (SSSR count). The van der Waals surface area contributed by atoms with Crippen molar-refractivity contribution in [2.45, 2.75) is 18.6 Å². The van der Waals surface area contributed by atoms with Crippen LogP contribution in [0.25, 0.3) is 11.3 Å². The summed E-state index contributed by atoms with van der Waals surface area (Å²) in [5.74, 6) is 0.157. The molecule has 4 nitrogen and oxygen atoms in total. The molecule has 0 saturated heterocycles. The molecule has 0 atom stereocenters. The summed E-state index contributed by atoms with van der Waals surface area (Å²) in [5.41, 5.74) is 5.21. The highest BCUT2D eigenvalue weighted by atomic mass is 35.5. The van der Waals surface area contributed by atoms with E-state index in [0.29, 0.717) is 17.3 Å². The Morgan fingerprint density at radius 1 is 1.03 bits per heavy atom. The monoisotopic (exact) mass is 447 g/mol. The number of benzene rings is 3. The second-order valence-electron chi connectivity index (χ2n) is 7.21. The van der Waals surface area contributed by atoms with Crippen LogP contribution in [-0.4, -0.2) is 21.2 Å². The van der Waals surface area contributed by atoms with Gasteiger partial charge in [0.1, 0.15) is 0 Å². The lowest BCUT2D eigenvalue weighted by atomic mass is 10.1. The Bertz CT molecular complexity index is 1170. The van der Waals surface area contributed by atoms with Gasteiger partial charge in [-0.2, -0.15) is 0 Å². The Morgan fingerprint density at radius 2 is 1.81 bits per heavy atom. The van der Waals surface area contributed by atoms with E-state index in [0.717, 1.165) is 16.4 Å². The molecule has 1 amide bonds. The molecule has 0 saturated carbocycles. The number of amides is 1. The SMILES string of the molecule is Cc1ccc(-c2cnc(SCC(=O)Nc3cccc(Cl)c3)n2Cc2ccccc2)cc1. The van der Waals surface area contributed by atoms with Gasteiger partial charge in [0, 0.05) is 10.7 Å². The molecule has 0 aliphatic heterocycles. The quantitative estimate of drug-likeness (QED) is 0.338. The highest BCUT2D eigenvalue weighted by molar-refractivity contribution is 7.99. The van der Waals surface area contributed by atoms with Gasteiger partial charge in [0.25, 0.3) is 0 Å². The Morgan fingerprint density at radius 3 is 2.55 bits per heavy atom. The van der Waals surface area contributed by atoms with Crippen molar-refractivity contribution in [2.24, 2.45) is 0 Å². The second-order valence-corrected chi connectivity index (χ2v) is 8.59. The van der Waals surface area contributed by atoms with Crippen LogP contribution in [0.3, 0.4) is 0 Å². The topological polar surface area (TPSA) is 46.9 Å². The molecule has 6 heteroatoms. The van der Waals surface area contributed by atoms with E-state index < -0.39 is 0 Å². The Labute approximate surface area is 191 Å². The highest BCUT2D eigenvalue weighted by Crippen LogP contribution is 2.28. The van der Waals surface area contributed by atoms with Crippen LogP contribution in [-0.2, 0) is 11.3 Å². The summed E-state index contributed by atoms with van der Waals surface area (Å²) >= 11 is 7.42. The molecule has 0 bridgehead atoms. The van der Waals surface area contributed by atoms with E-state index in [-0.39, 0.29) is 11.7 Å². The second kappa shape index (κ2) is 9.86. The molecule has 0 spiro atoms. The molecule has 156 valence electrons. The molecule has 1 heterocycles. The summed E-state index contributed by atoms with van der Waals surface area (Å²) in [6.07, 6.45) is 1.88. The number of carbonyl (C=O) groups is 1. The number of nitrogens with one attached hydrogen (secondary N) is 1. The number of aromatic nitrogens is 2. The summed E-state index contributed by atoms with van der Waals surface area (Å²) < 4.78 is 2.16. The number of anilines is 1. The number of imidazole rings is 1. The van der Waals surface area contributed by atoms with Crippen molar-refractivity contribution in [1.82, 2.24) is 9.55 Å². The fourth-order valence-corrected chi connectivity index (χ4v) is 4.21. The highest BCUT2D eigenvalue weighted by Gasteiger charge is 2.14. The lowest BCUT2D eigenvalue weighted by Crippen LogP contribution is -2.14. The van der Waals surface area contributed by atoms with Crippen LogP contribution in [0, 0.1) is 6.92 Å². The fourth-order valence-electron chi connectivity index (χ4n) is 3.24. The van der Waals surface area contributed by atoms with Crippen molar-refractivity contribution in [2.75, 3.05) is 11.1 Å². The van der Waals surface area contributed by atoms with Crippen molar-refractivity contribution in [3.63, 3.8) is 0 Å². The lowest BCUT2D eigenvalue weighted by molar-refractivity contribution is -0.113. The fraction of sp³-hybridized carbons (Fsp3) is 0.120. The number of nitrogens with zero attached hydrogens (tertiary/aromatic N) is 2. The van der Waals surface area contributed by atoms with E-state index in [4.69, 9.17) is 11.6 Å². The van der Waals surface area contributed by atoms with Gasteiger partial charge in [0.05, 0.1) is 24.2 Å². The summed E-state index contributed by atoms with van der Waals surface area (Å²) in [4.78, 5) is 17.1. The van der Waals surface area contributed by atoms with E-state index in [1.165, 1.54) is 22.9 Å². The van der Waals surface area contributed by atoms with Crippen LogP contribution in [0.4, 0.5) is 5.69 Å². The zero-order valence-electron chi connectivity index (χ0n) is 17.1. The maximum atomic E-state index is 12.5. The van der Waals surface area contributed by atoms with Gasteiger partial charge in [-0.05, 0) is 36.2 Å². The first-order valence-corrected chi connectivity index (χ1v) is 11.3. The maximum Gasteiger partial charge on any atom is 0.234 e. The molecule has 3 aromatic carbocycles. The van der Waals surface area contributed by atoms with E-state index in [1.54, 1.807) is 12.1 Å². The Hall–Kier alpha value is -3.02. The molecule has 4 aromatic rings. The molecule has 0 aliphatic rings. The zero-order chi connectivity index (χ0) is 21.6. The first-order valence-electron chi connectivity index (χ1n) is 9.93. The van der Waals surface area contributed by atoms with Crippen LogP contribution >= 0.6 is 23.4 Å². The minimum Gasteiger partial charge on any atom is -0.325 e. The molecular weight excluding hydrogens is 426 g/mol. The third-order valence-electron chi connectivity index (χ3n) is 4.79. The Kier molecular flexibility index (Phi) is 6.75. The van der Waals surface area contributed by atoms with E-state index in [2.05, 4.69) is 58.2 Å². The van der Waals surface area contributed by atoms with Gasteiger partial charge in [-0.15, -0.1) is 0 Å². The van der Waals surface area contributed by atoms with Crippen LogP contribution < -0.4 is 5.32 Å². The predicted molar refractivity (Wildman–Crippen MR) is 129 cm³/mol. The van der Waals surface area contributed by atoms with Crippen molar-refractivity contribution < 1.29 is 4.79 Å². The smallest absolute Gasteiger partial charge is 0.234 e. The average molecular weight is 448 g/mol. The largest absolute Gasteiger partial charge is 0.325 e. The van der Waals surface area contributed by atoms with Crippen molar-refractivity contribution in [3.8, 4) is 11.3 Å². The number of halogens is 1. The molecule has 1 aromatic heterocycles. The molecule has 31 heavy (non-hydrogen) atoms. The average Bonchev–Trinajstić information content (AvgIpc) is 3.16. The summed E-state index contributed by atoms with van der Waals surface area (Å²) in [6, 6.07) is 25.8. The lowest BCUT2D eigenvalue weighted by Gasteiger charge is -2.12. The van der Waals surface area contributed by atoms with Gasteiger partial charge in [-0.1, -0.05) is 89.6 Å². The predicted octanol–water partition coefficient (Wildman–Crippen LogP) is 6.29. The minimum absolute atomic E-state index is 0.0987. The van der Waals surface area contributed by atoms with Gasteiger partial charge >= 0.3 is 0 Å². The van der Waals surface area contributed by atoms with Gasteiger partial charge < -0.3 is 9.88 Å². The standard InChI is InChI=1S/C25H22ClN3OS/c1-18-10-12-20(13-11-18)23-15-27-25(29(23)16-19-6-3-2-4-7-19)31-17-24(30)28-22-9-5-8-21(26)14-22/h2-15H,16-17H2,1H3,(H,28,30). The number of rotatable bonds is 7. The number of hydrogen-bond acceptors (Lipinski definition) is 3. The third-order valence-corrected chi connectivity index (χ3v) is 6.02. The van der Waals surface area contributed by atoms with Crippen LogP contribution in [0.15, 0.2) is 90.2 Å². The van der Waals surface area contributed by atoms with E-state index in [9.17, 15) is 4.79 Å². The molecule has 1 N–H and O–H groups in total. The van der Waals surface area contributed by atoms with Crippen LogP contribution in [0.5, 0.6) is 0 Å². The molecule has 0 unspecified atom stereocenters. The van der Waals surface area contributed by atoms with Gasteiger partial charge in [-0.3, -0.25) is 4.79 Å².